The maximum atomic E-state index is 12.0. The van der Waals surface area contributed by atoms with Gasteiger partial charge in [0.2, 0.25) is 5.91 Å². The van der Waals surface area contributed by atoms with Gasteiger partial charge in [0.25, 0.3) is 0 Å². The van der Waals surface area contributed by atoms with Crippen LogP contribution >= 0.6 is 0 Å². The third-order valence-corrected chi connectivity index (χ3v) is 2.96. The molecule has 0 radical (unpaired) electrons. The van der Waals surface area contributed by atoms with Crippen molar-refractivity contribution in [2.75, 3.05) is 6.61 Å². The molecule has 0 aliphatic rings. The monoisotopic (exact) mass is 320 g/mol. The summed E-state index contributed by atoms with van der Waals surface area (Å²) in [5.41, 5.74) is 6.32. The van der Waals surface area contributed by atoms with E-state index in [4.69, 9.17) is 15.6 Å². The van der Waals surface area contributed by atoms with Gasteiger partial charge in [-0.1, -0.05) is 43.0 Å². The first kappa shape index (κ1) is 18.4. The molecule has 4 N–H and O–H groups in total. The van der Waals surface area contributed by atoms with Gasteiger partial charge in [-0.25, -0.2) is 4.79 Å². The number of rotatable bonds is 9. The maximum absolute atomic E-state index is 12.0. The molecule has 0 aromatic heterocycles. The van der Waals surface area contributed by atoms with Gasteiger partial charge in [-0.3, -0.25) is 9.59 Å². The van der Waals surface area contributed by atoms with Crippen molar-refractivity contribution in [1.82, 2.24) is 5.32 Å². The molecule has 0 fully saturated rings. The molecular formula is C16H20N2O5. The summed E-state index contributed by atoms with van der Waals surface area (Å²) in [7, 11) is 0. The van der Waals surface area contributed by atoms with E-state index < -0.39 is 36.4 Å². The van der Waals surface area contributed by atoms with Gasteiger partial charge in [-0.05, 0) is 5.56 Å². The molecule has 1 unspecified atom stereocenters. The highest BCUT2D eigenvalue weighted by atomic mass is 16.5. The number of hydrogen-bond acceptors (Lipinski definition) is 5. The summed E-state index contributed by atoms with van der Waals surface area (Å²) in [4.78, 5) is 34.6. The number of aliphatic carboxylic acids is 1. The first-order chi connectivity index (χ1) is 10.9. The Labute approximate surface area is 134 Å². The number of ether oxygens (including phenoxy) is 1. The number of nitrogens with one attached hydrogen (secondary N) is 1. The van der Waals surface area contributed by atoms with Crippen LogP contribution in [-0.4, -0.2) is 41.6 Å². The van der Waals surface area contributed by atoms with E-state index in [1.807, 2.05) is 6.07 Å². The zero-order chi connectivity index (χ0) is 17.2. The zero-order valence-corrected chi connectivity index (χ0v) is 12.6. The van der Waals surface area contributed by atoms with E-state index in [-0.39, 0.29) is 13.0 Å². The van der Waals surface area contributed by atoms with E-state index in [1.165, 1.54) is 6.08 Å². The molecule has 1 amide bonds. The molecule has 0 bridgehead atoms. The second-order valence-corrected chi connectivity index (χ2v) is 4.87. The summed E-state index contributed by atoms with van der Waals surface area (Å²) in [6.07, 6.45) is 1.10. The van der Waals surface area contributed by atoms with E-state index in [2.05, 4.69) is 11.9 Å². The number of carbonyl (C=O) groups is 3. The zero-order valence-electron chi connectivity index (χ0n) is 12.6. The van der Waals surface area contributed by atoms with Crippen molar-refractivity contribution in [3.05, 3.63) is 48.6 Å². The Balaban J connectivity index is 2.77. The summed E-state index contributed by atoms with van der Waals surface area (Å²) in [6.45, 7) is 3.46. The molecule has 0 aliphatic carbocycles. The van der Waals surface area contributed by atoms with Crippen LogP contribution in [0, 0.1) is 0 Å². The predicted molar refractivity (Wildman–Crippen MR) is 83.5 cm³/mol. The number of carboxylic acids is 1. The topological polar surface area (TPSA) is 119 Å². The van der Waals surface area contributed by atoms with E-state index >= 15 is 0 Å². The van der Waals surface area contributed by atoms with Gasteiger partial charge in [-0.2, -0.15) is 0 Å². The third-order valence-electron chi connectivity index (χ3n) is 2.96. The Bertz CT molecular complexity index is 559. The molecule has 1 aromatic rings. The highest BCUT2D eigenvalue weighted by Crippen LogP contribution is 2.05. The molecule has 124 valence electrons. The highest BCUT2D eigenvalue weighted by molar-refractivity contribution is 5.89. The van der Waals surface area contributed by atoms with Crippen LogP contribution in [0.3, 0.4) is 0 Å². The van der Waals surface area contributed by atoms with Gasteiger partial charge in [0, 0.05) is 6.42 Å². The van der Waals surface area contributed by atoms with E-state index in [0.717, 1.165) is 5.56 Å². The largest absolute Gasteiger partial charge is 0.481 e. The lowest BCUT2D eigenvalue weighted by atomic mass is 10.1. The third kappa shape index (κ3) is 6.75. The molecular weight excluding hydrogens is 300 g/mol. The second kappa shape index (κ2) is 9.37. The molecule has 0 aliphatic heterocycles. The van der Waals surface area contributed by atoms with E-state index in [0.29, 0.717) is 0 Å². The Morgan fingerprint density at radius 2 is 1.96 bits per heavy atom. The van der Waals surface area contributed by atoms with Crippen LogP contribution in [0.25, 0.3) is 0 Å². The van der Waals surface area contributed by atoms with Crippen LogP contribution in [0.2, 0.25) is 0 Å². The van der Waals surface area contributed by atoms with Gasteiger partial charge in [0.15, 0.2) is 0 Å². The van der Waals surface area contributed by atoms with Gasteiger partial charge in [0.1, 0.15) is 12.6 Å². The molecule has 1 aromatic carbocycles. The van der Waals surface area contributed by atoms with Gasteiger partial charge >= 0.3 is 11.9 Å². The van der Waals surface area contributed by atoms with Crippen LogP contribution in [0.15, 0.2) is 43.0 Å². The molecule has 23 heavy (non-hydrogen) atoms. The fourth-order valence-electron chi connectivity index (χ4n) is 1.84. The van der Waals surface area contributed by atoms with Crippen molar-refractivity contribution in [3.63, 3.8) is 0 Å². The van der Waals surface area contributed by atoms with Crippen molar-refractivity contribution >= 4 is 17.8 Å². The van der Waals surface area contributed by atoms with Crippen molar-refractivity contribution in [3.8, 4) is 0 Å². The minimum atomic E-state index is -1.24. The summed E-state index contributed by atoms with van der Waals surface area (Å²) in [6, 6.07) is 6.85. The lowest BCUT2D eigenvalue weighted by Gasteiger charge is -2.19. The Hall–Kier alpha value is -2.67. The van der Waals surface area contributed by atoms with Crippen LogP contribution in [0.1, 0.15) is 12.0 Å². The van der Waals surface area contributed by atoms with Crippen LogP contribution < -0.4 is 11.1 Å². The maximum Gasteiger partial charge on any atom is 0.329 e. The molecule has 0 spiro atoms. The van der Waals surface area contributed by atoms with Crippen LogP contribution in [-0.2, 0) is 25.5 Å². The fraction of sp³-hybridized carbons (Fsp3) is 0.312. The molecule has 2 atom stereocenters. The Kier molecular flexibility index (Phi) is 7.49. The first-order valence-corrected chi connectivity index (χ1v) is 7.03. The lowest BCUT2D eigenvalue weighted by molar-refractivity contribution is -0.147. The molecule has 7 heteroatoms. The van der Waals surface area contributed by atoms with Gasteiger partial charge in [-0.15, -0.1) is 0 Å². The minimum Gasteiger partial charge on any atom is -0.481 e. The van der Waals surface area contributed by atoms with Crippen molar-refractivity contribution < 1.29 is 24.2 Å². The number of nitrogens with two attached hydrogens (primary N) is 1. The van der Waals surface area contributed by atoms with Crippen molar-refractivity contribution in [2.24, 2.45) is 5.73 Å². The number of carboxylic acid groups (broad SMARTS) is 1. The predicted octanol–water partition coefficient (Wildman–Crippen LogP) is 0.245. The average Bonchev–Trinajstić information content (AvgIpc) is 2.52. The number of benzene rings is 1. The second-order valence-electron chi connectivity index (χ2n) is 4.87. The summed E-state index contributed by atoms with van der Waals surface area (Å²) < 4.78 is 4.96. The summed E-state index contributed by atoms with van der Waals surface area (Å²) in [5.74, 6) is -2.55. The number of hydrogen-bond donors (Lipinski definition) is 3. The normalized spacial score (nSPS) is 12.7. The summed E-state index contributed by atoms with van der Waals surface area (Å²) >= 11 is 0. The molecule has 0 heterocycles. The fourth-order valence-corrected chi connectivity index (χ4v) is 1.84. The van der Waals surface area contributed by atoms with Crippen molar-refractivity contribution in [1.29, 1.82) is 0 Å². The van der Waals surface area contributed by atoms with E-state index in [1.54, 1.807) is 24.3 Å². The first-order valence-electron chi connectivity index (χ1n) is 7.03. The molecule has 7 nitrogen and oxygen atoms in total. The highest BCUT2D eigenvalue weighted by Gasteiger charge is 2.26. The number of esters is 1. The Morgan fingerprint density at radius 1 is 1.30 bits per heavy atom. The standard InChI is InChI=1S/C16H20N2O5/c1-2-8-23-16(22)13(9-11-6-4-3-5-7-11)18-15(21)12(17)10-14(19)20/h2-7,12-13H,1,8-10,17H2,(H,18,21)(H,19,20)/t12?,13-/m0/s1. The Morgan fingerprint density at radius 3 is 2.52 bits per heavy atom. The van der Waals surface area contributed by atoms with Crippen molar-refractivity contribution in [2.45, 2.75) is 24.9 Å². The van der Waals surface area contributed by atoms with Gasteiger partial charge < -0.3 is 20.9 Å². The quantitative estimate of drug-likeness (QED) is 0.443. The van der Waals surface area contributed by atoms with Gasteiger partial charge in [0.05, 0.1) is 12.5 Å². The molecule has 0 saturated heterocycles. The summed E-state index contributed by atoms with van der Waals surface area (Å²) in [5, 5.41) is 11.1. The average molecular weight is 320 g/mol. The number of carbonyl (C=O) groups excluding carboxylic acids is 2. The van der Waals surface area contributed by atoms with Crippen LogP contribution in [0.5, 0.6) is 0 Å². The smallest absolute Gasteiger partial charge is 0.329 e. The molecule has 0 saturated carbocycles. The molecule has 1 rings (SSSR count). The SMILES string of the molecule is C=CCOC(=O)[C@H](Cc1ccccc1)NC(=O)C(N)CC(=O)O. The minimum absolute atomic E-state index is 0.0151. The lowest BCUT2D eigenvalue weighted by Crippen LogP contribution is -2.50. The number of amides is 1. The van der Waals surface area contributed by atoms with Crippen LogP contribution in [0.4, 0.5) is 0 Å². The van der Waals surface area contributed by atoms with E-state index in [9.17, 15) is 14.4 Å².